The molecule has 3 rings (SSSR count). The van der Waals surface area contributed by atoms with E-state index in [9.17, 15) is 9.59 Å². The lowest BCUT2D eigenvalue weighted by Crippen LogP contribution is -2.42. The van der Waals surface area contributed by atoms with Gasteiger partial charge in [0, 0.05) is 18.8 Å². The summed E-state index contributed by atoms with van der Waals surface area (Å²) < 4.78 is 16.3. The van der Waals surface area contributed by atoms with E-state index < -0.39 is 0 Å². The summed E-state index contributed by atoms with van der Waals surface area (Å²) in [6.45, 7) is 1.10. The van der Waals surface area contributed by atoms with Crippen molar-refractivity contribution in [3.05, 3.63) is 42.5 Å². The van der Waals surface area contributed by atoms with Crippen LogP contribution >= 0.6 is 0 Å². The van der Waals surface area contributed by atoms with Crippen LogP contribution < -0.4 is 24.4 Å². The van der Waals surface area contributed by atoms with Crippen molar-refractivity contribution in [2.75, 3.05) is 57.7 Å². The van der Waals surface area contributed by atoms with E-state index in [0.29, 0.717) is 41.7 Å². The van der Waals surface area contributed by atoms with E-state index >= 15 is 0 Å². The Morgan fingerprint density at radius 2 is 1.97 bits per heavy atom. The summed E-state index contributed by atoms with van der Waals surface area (Å²) in [5.41, 5.74) is 1.21. The number of anilines is 2. The predicted octanol–water partition coefficient (Wildman–Crippen LogP) is 2.00. The SMILES string of the molecule is COc1ccccc1OCC(=O)Nc1ccc2c(c1)N(CCN(C)C)C(=O)CO2. The number of methoxy groups -OCH3 is 1. The van der Waals surface area contributed by atoms with Gasteiger partial charge in [-0.2, -0.15) is 0 Å². The molecule has 0 saturated heterocycles. The molecule has 0 aliphatic carbocycles. The largest absolute Gasteiger partial charge is 0.493 e. The topological polar surface area (TPSA) is 80.3 Å². The zero-order chi connectivity index (χ0) is 20.8. The van der Waals surface area contributed by atoms with E-state index in [0.717, 1.165) is 0 Å². The Kier molecular flexibility index (Phi) is 6.56. The van der Waals surface area contributed by atoms with Crippen LogP contribution in [0, 0.1) is 0 Å². The highest BCUT2D eigenvalue weighted by atomic mass is 16.5. The molecule has 1 heterocycles. The second-order valence-corrected chi connectivity index (χ2v) is 6.81. The first-order valence-electron chi connectivity index (χ1n) is 9.25. The van der Waals surface area contributed by atoms with Crippen LogP contribution in [-0.2, 0) is 9.59 Å². The Balaban J connectivity index is 1.67. The lowest BCUT2D eigenvalue weighted by Gasteiger charge is -2.30. The van der Waals surface area contributed by atoms with E-state index in [-0.39, 0.29) is 25.0 Å². The van der Waals surface area contributed by atoms with Gasteiger partial charge in [0.1, 0.15) is 5.75 Å². The average Bonchev–Trinajstić information content (AvgIpc) is 2.71. The number of amides is 2. The van der Waals surface area contributed by atoms with Gasteiger partial charge in [0.25, 0.3) is 11.8 Å². The first kappa shape index (κ1) is 20.5. The number of rotatable bonds is 8. The molecule has 1 aliphatic rings. The number of fused-ring (bicyclic) bond motifs is 1. The Morgan fingerprint density at radius 1 is 1.21 bits per heavy atom. The van der Waals surface area contributed by atoms with Crippen molar-refractivity contribution in [2.24, 2.45) is 0 Å². The molecule has 0 radical (unpaired) electrons. The van der Waals surface area contributed by atoms with Gasteiger partial charge >= 0.3 is 0 Å². The van der Waals surface area contributed by atoms with Crippen LogP contribution in [0.3, 0.4) is 0 Å². The van der Waals surface area contributed by atoms with Gasteiger partial charge in [-0.3, -0.25) is 9.59 Å². The number of carbonyl (C=O) groups excluding carboxylic acids is 2. The van der Waals surface area contributed by atoms with E-state index in [1.165, 1.54) is 0 Å². The molecular formula is C21H25N3O5. The summed E-state index contributed by atoms with van der Waals surface area (Å²) in [7, 11) is 5.44. The second-order valence-electron chi connectivity index (χ2n) is 6.81. The van der Waals surface area contributed by atoms with Crippen LogP contribution in [0.2, 0.25) is 0 Å². The number of para-hydroxylation sites is 2. The quantitative estimate of drug-likeness (QED) is 0.731. The molecule has 0 saturated carbocycles. The van der Waals surface area contributed by atoms with Gasteiger partial charge in [-0.25, -0.2) is 0 Å². The van der Waals surface area contributed by atoms with Crippen molar-refractivity contribution < 1.29 is 23.8 Å². The Bertz CT molecular complexity index is 884. The number of nitrogens with one attached hydrogen (secondary N) is 1. The molecule has 2 aromatic rings. The molecule has 0 unspecified atom stereocenters. The first-order valence-corrected chi connectivity index (χ1v) is 9.25. The van der Waals surface area contributed by atoms with Gasteiger partial charge in [-0.05, 0) is 44.4 Å². The fourth-order valence-corrected chi connectivity index (χ4v) is 2.90. The highest BCUT2D eigenvalue weighted by Crippen LogP contribution is 2.34. The van der Waals surface area contributed by atoms with Crippen LogP contribution in [-0.4, -0.2) is 64.2 Å². The predicted molar refractivity (Wildman–Crippen MR) is 110 cm³/mol. The van der Waals surface area contributed by atoms with Gasteiger partial charge in [0.2, 0.25) is 0 Å². The number of hydrogen-bond acceptors (Lipinski definition) is 6. The van der Waals surface area contributed by atoms with Crippen LogP contribution in [0.1, 0.15) is 0 Å². The molecule has 0 aromatic heterocycles. The van der Waals surface area contributed by atoms with Crippen molar-refractivity contribution in [3.63, 3.8) is 0 Å². The molecule has 8 nitrogen and oxygen atoms in total. The maximum absolute atomic E-state index is 12.3. The lowest BCUT2D eigenvalue weighted by molar-refractivity contribution is -0.121. The molecule has 29 heavy (non-hydrogen) atoms. The molecule has 0 bridgehead atoms. The maximum Gasteiger partial charge on any atom is 0.265 e. The van der Waals surface area contributed by atoms with E-state index in [4.69, 9.17) is 14.2 Å². The molecule has 8 heteroatoms. The molecule has 0 atom stereocenters. The molecule has 1 N–H and O–H groups in total. The van der Waals surface area contributed by atoms with Crippen LogP contribution in [0.5, 0.6) is 17.2 Å². The highest BCUT2D eigenvalue weighted by Gasteiger charge is 2.25. The standard InChI is InChI=1S/C21H25N3O5/c1-23(2)10-11-24-16-12-15(8-9-17(16)29-14-21(24)26)22-20(25)13-28-19-7-5-4-6-18(19)27-3/h4-9,12H,10-11,13-14H2,1-3H3,(H,22,25). The summed E-state index contributed by atoms with van der Waals surface area (Å²) >= 11 is 0. The highest BCUT2D eigenvalue weighted by molar-refractivity contribution is 5.99. The minimum atomic E-state index is -0.321. The Morgan fingerprint density at radius 3 is 2.69 bits per heavy atom. The number of nitrogens with zero attached hydrogens (tertiary/aromatic N) is 2. The number of ether oxygens (including phenoxy) is 3. The van der Waals surface area contributed by atoms with Crippen LogP contribution in [0.4, 0.5) is 11.4 Å². The number of benzene rings is 2. The summed E-state index contributed by atoms with van der Waals surface area (Å²) in [6.07, 6.45) is 0. The Hall–Kier alpha value is -3.26. The second kappa shape index (κ2) is 9.29. The monoisotopic (exact) mass is 399 g/mol. The summed E-state index contributed by atoms with van der Waals surface area (Å²) in [5.74, 6) is 1.23. The van der Waals surface area contributed by atoms with Crippen LogP contribution in [0.15, 0.2) is 42.5 Å². The minimum absolute atomic E-state index is 0.0128. The van der Waals surface area contributed by atoms with E-state index in [1.807, 2.05) is 25.1 Å². The van der Waals surface area contributed by atoms with Crippen molar-refractivity contribution in [2.45, 2.75) is 0 Å². The third-order valence-electron chi connectivity index (χ3n) is 4.38. The maximum atomic E-state index is 12.3. The summed E-state index contributed by atoms with van der Waals surface area (Å²) in [6, 6.07) is 12.3. The average molecular weight is 399 g/mol. The van der Waals surface area contributed by atoms with Gasteiger partial charge in [-0.15, -0.1) is 0 Å². The van der Waals surface area contributed by atoms with Gasteiger partial charge in [-0.1, -0.05) is 12.1 Å². The number of likely N-dealkylation sites (N-methyl/N-ethyl adjacent to an activating group) is 1. The summed E-state index contributed by atoms with van der Waals surface area (Å²) in [5, 5.41) is 2.79. The fourth-order valence-electron chi connectivity index (χ4n) is 2.90. The zero-order valence-electron chi connectivity index (χ0n) is 16.8. The van der Waals surface area contributed by atoms with Crippen molar-refractivity contribution in [3.8, 4) is 17.2 Å². The molecular weight excluding hydrogens is 374 g/mol. The Labute approximate surface area is 170 Å². The number of carbonyl (C=O) groups is 2. The van der Waals surface area contributed by atoms with Gasteiger partial charge in [0.15, 0.2) is 24.7 Å². The van der Waals surface area contributed by atoms with E-state index in [2.05, 4.69) is 5.32 Å². The fraction of sp³-hybridized carbons (Fsp3) is 0.333. The minimum Gasteiger partial charge on any atom is -0.493 e. The third-order valence-corrected chi connectivity index (χ3v) is 4.38. The molecule has 0 spiro atoms. The van der Waals surface area contributed by atoms with Crippen molar-refractivity contribution in [1.82, 2.24) is 4.90 Å². The molecule has 1 aliphatic heterocycles. The summed E-state index contributed by atoms with van der Waals surface area (Å²) in [4.78, 5) is 28.3. The van der Waals surface area contributed by atoms with Gasteiger partial charge in [0.05, 0.1) is 12.8 Å². The normalized spacial score (nSPS) is 13.0. The molecule has 2 amide bonds. The smallest absolute Gasteiger partial charge is 0.265 e. The molecule has 154 valence electrons. The molecule has 0 fully saturated rings. The third kappa shape index (κ3) is 5.17. The first-order chi connectivity index (χ1) is 14.0. The van der Waals surface area contributed by atoms with Crippen molar-refractivity contribution >= 4 is 23.2 Å². The molecule has 2 aromatic carbocycles. The van der Waals surface area contributed by atoms with Crippen LogP contribution in [0.25, 0.3) is 0 Å². The number of hydrogen-bond donors (Lipinski definition) is 1. The van der Waals surface area contributed by atoms with E-state index in [1.54, 1.807) is 48.4 Å². The lowest BCUT2D eigenvalue weighted by atomic mass is 10.2. The van der Waals surface area contributed by atoms with Gasteiger partial charge < -0.3 is 29.3 Å². The zero-order valence-corrected chi connectivity index (χ0v) is 16.8. The van der Waals surface area contributed by atoms with Crippen molar-refractivity contribution in [1.29, 1.82) is 0 Å².